The first-order chi connectivity index (χ1) is 18.4. The number of fused-ring (bicyclic) bond motifs is 1. The third-order valence-corrected chi connectivity index (χ3v) is 6.44. The molecule has 1 aliphatic heterocycles. The first-order valence-electron chi connectivity index (χ1n) is 12.3. The van der Waals surface area contributed by atoms with Crippen LogP contribution in [-0.2, 0) is 9.47 Å². The van der Waals surface area contributed by atoms with Crippen LogP contribution in [0, 0.1) is 0 Å². The zero-order valence-corrected chi connectivity index (χ0v) is 21.5. The number of carbonyl (C=O) groups is 2. The molecular formula is C28H29N5O5. The minimum atomic E-state index is -0.635. The number of hydrogen-bond donors (Lipinski definition) is 2. The molecular weight excluding hydrogens is 486 g/mol. The number of pyridine rings is 1. The zero-order chi connectivity index (χ0) is 26.6. The number of benzene rings is 2. The maximum atomic E-state index is 13.0. The van der Waals surface area contributed by atoms with Gasteiger partial charge >= 0.3 is 6.09 Å². The van der Waals surface area contributed by atoms with Gasteiger partial charge in [0.05, 0.1) is 30.2 Å². The van der Waals surface area contributed by atoms with Gasteiger partial charge in [-0.25, -0.2) is 9.78 Å². The number of para-hydroxylation sites is 1. The predicted octanol–water partition coefficient (Wildman–Crippen LogP) is 4.73. The molecule has 0 radical (unpaired) electrons. The normalized spacial score (nSPS) is 14.9. The van der Waals surface area contributed by atoms with Gasteiger partial charge in [0.15, 0.2) is 5.65 Å². The molecule has 10 heteroatoms. The molecule has 196 valence electrons. The largest absolute Gasteiger partial charge is 0.496 e. The Morgan fingerprint density at radius 3 is 2.76 bits per heavy atom. The number of nitrogens with one attached hydrogen (secondary N) is 2. The number of anilines is 1. The molecule has 1 atom stereocenters. The SMILES string of the molecule is COc1ccccc1-c1[nH]nc2ncc(-c3ccc(NC(=O)OCC4CCCO4)c(C(=O)N(C)C)c3)cc12. The van der Waals surface area contributed by atoms with E-state index in [2.05, 4.69) is 20.5 Å². The number of carbonyl (C=O) groups excluding carboxylic acids is 2. The second-order valence-corrected chi connectivity index (χ2v) is 9.21. The molecule has 5 rings (SSSR count). The number of nitrogens with zero attached hydrogens (tertiary/aromatic N) is 3. The number of methoxy groups -OCH3 is 1. The molecule has 4 aromatic rings. The summed E-state index contributed by atoms with van der Waals surface area (Å²) in [6.07, 6.45) is 2.80. The molecule has 1 unspecified atom stereocenters. The van der Waals surface area contributed by atoms with E-state index in [-0.39, 0.29) is 18.6 Å². The molecule has 2 aromatic heterocycles. The van der Waals surface area contributed by atoms with Crippen LogP contribution in [0.25, 0.3) is 33.4 Å². The van der Waals surface area contributed by atoms with Crippen LogP contribution in [0.1, 0.15) is 23.2 Å². The van der Waals surface area contributed by atoms with Crippen molar-refractivity contribution >= 4 is 28.7 Å². The van der Waals surface area contributed by atoms with E-state index in [1.807, 2.05) is 36.4 Å². The highest BCUT2D eigenvalue weighted by atomic mass is 16.6. The number of amides is 2. The summed E-state index contributed by atoms with van der Waals surface area (Å²) in [7, 11) is 4.94. The van der Waals surface area contributed by atoms with Gasteiger partial charge in [0.1, 0.15) is 12.4 Å². The Morgan fingerprint density at radius 1 is 1.16 bits per heavy atom. The molecule has 2 amide bonds. The molecule has 0 saturated carbocycles. The topological polar surface area (TPSA) is 119 Å². The van der Waals surface area contributed by atoms with Gasteiger partial charge in [-0.2, -0.15) is 5.10 Å². The Kier molecular flexibility index (Phi) is 7.23. The third kappa shape index (κ3) is 5.16. The van der Waals surface area contributed by atoms with Crippen molar-refractivity contribution in [2.45, 2.75) is 18.9 Å². The van der Waals surface area contributed by atoms with Crippen LogP contribution in [0.15, 0.2) is 54.7 Å². The van der Waals surface area contributed by atoms with E-state index >= 15 is 0 Å². The van der Waals surface area contributed by atoms with Gasteiger partial charge in [0.25, 0.3) is 5.91 Å². The second-order valence-electron chi connectivity index (χ2n) is 9.21. The maximum Gasteiger partial charge on any atom is 0.411 e. The molecule has 1 aliphatic rings. The van der Waals surface area contributed by atoms with Gasteiger partial charge in [-0.3, -0.25) is 15.2 Å². The average Bonchev–Trinajstić information content (AvgIpc) is 3.61. The highest BCUT2D eigenvalue weighted by Crippen LogP contribution is 2.35. The summed E-state index contributed by atoms with van der Waals surface area (Å²) in [5.41, 5.74) is 4.44. The first kappa shape index (κ1) is 25.2. The van der Waals surface area contributed by atoms with Crippen molar-refractivity contribution < 1.29 is 23.8 Å². The monoisotopic (exact) mass is 515 g/mol. The lowest BCUT2D eigenvalue weighted by atomic mass is 10.0. The van der Waals surface area contributed by atoms with Gasteiger partial charge < -0.3 is 19.1 Å². The number of aromatic amines is 1. The van der Waals surface area contributed by atoms with Crippen LogP contribution in [0.2, 0.25) is 0 Å². The lowest BCUT2D eigenvalue weighted by Crippen LogP contribution is -2.25. The summed E-state index contributed by atoms with van der Waals surface area (Å²) in [4.78, 5) is 31.5. The number of rotatable bonds is 7. The molecule has 38 heavy (non-hydrogen) atoms. The quantitative estimate of drug-likeness (QED) is 0.365. The number of ether oxygens (including phenoxy) is 3. The Morgan fingerprint density at radius 2 is 2.00 bits per heavy atom. The van der Waals surface area contributed by atoms with E-state index in [1.54, 1.807) is 39.5 Å². The summed E-state index contributed by atoms with van der Waals surface area (Å²) in [5, 5.41) is 10.9. The van der Waals surface area contributed by atoms with Gasteiger partial charge in [0, 0.05) is 43.4 Å². The summed E-state index contributed by atoms with van der Waals surface area (Å²) >= 11 is 0. The van der Waals surface area contributed by atoms with E-state index in [0.29, 0.717) is 29.3 Å². The summed E-state index contributed by atoms with van der Waals surface area (Å²) in [5.74, 6) is 0.456. The van der Waals surface area contributed by atoms with Gasteiger partial charge in [-0.1, -0.05) is 18.2 Å². The van der Waals surface area contributed by atoms with Crippen LogP contribution in [0.4, 0.5) is 10.5 Å². The molecule has 1 saturated heterocycles. The lowest BCUT2D eigenvalue weighted by molar-refractivity contribution is 0.0484. The maximum absolute atomic E-state index is 13.0. The molecule has 0 bridgehead atoms. The van der Waals surface area contributed by atoms with Crippen molar-refractivity contribution in [2.24, 2.45) is 0 Å². The van der Waals surface area contributed by atoms with Crippen LogP contribution >= 0.6 is 0 Å². The predicted molar refractivity (Wildman–Crippen MR) is 143 cm³/mol. The van der Waals surface area contributed by atoms with E-state index < -0.39 is 6.09 Å². The van der Waals surface area contributed by atoms with Crippen molar-refractivity contribution in [1.82, 2.24) is 20.1 Å². The minimum Gasteiger partial charge on any atom is -0.496 e. The number of aromatic nitrogens is 3. The van der Waals surface area contributed by atoms with E-state index in [4.69, 9.17) is 14.2 Å². The van der Waals surface area contributed by atoms with E-state index in [0.717, 1.165) is 40.6 Å². The van der Waals surface area contributed by atoms with Crippen molar-refractivity contribution in [2.75, 3.05) is 39.7 Å². The molecule has 2 aromatic carbocycles. The third-order valence-electron chi connectivity index (χ3n) is 6.44. The van der Waals surface area contributed by atoms with Crippen molar-refractivity contribution in [1.29, 1.82) is 0 Å². The Bertz CT molecular complexity index is 1480. The fourth-order valence-electron chi connectivity index (χ4n) is 4.46. The molecule has 1 fully saturated rings. The smallest absolute Gasteiger partial charge is 0.411 e. The van der Waals surface area contributed by atoms with E-state index in [9.17, 15) is 9.59 Å². The Balaban J connectivity index is 1.47. The number of hydrogen-bond acceptors (Lipinski definition) is 7. The zero-order valence-electron chi connectivity index (χ0n) is 21.5. The summed E-state index contributed by atoms with van der Waals surface area (Å²) < 4.78 is 16.3. The van der Waals surface area contributed by atoms with Crippen LogP contribution in [-0.4, -0.2) is 72.6 Å². The molecule has 3 heterocycles. The van der Waals surface area contributed by atoms with Crippen LogP contribution in [0.5, 0.6) is 5.75 Å². The van der Waals surface area contributed by atoms with Crippen LogP contribution < -0.4 is 10.1 Å². The van der Waals surface area contributed by atoms with Gasteiger partial charge in [-0.15, -0.1) is 0 Å². The molecule has 0 aliphatic carbocycles. The van der Waals surface area contributed by atoms with Gasteiger partial charge in [0.2, 0.25) is 0 Å². The fraction of sp³-hybridized carbons (Fsp3) is 0.286. The second kappa shape index (κ2) is 10.9. The van der Waals surface area contributed by atoms with E-state index in [1.165, 1.54) is 4.90 Å². The summed E-state index contributed by atoms with van der Waals surface area (Å²) in [6.45, 7) is 0.851. The first-order valence-corrected chi connectivity index (χ1v) is 12.3. The molecule has 0 spiro atoms. The van der Waals surface area contributed by atoms with Crippen LogP contribution in [0.3, 0.4) is 0 Å². The molecule has 2 N–H and O–H groups in total. The summed E-state index contributed by atoms with van der Waals surface area (Å²) in [6, 6.07) is 14.9. The highest BCUT2D eigenvalue weighted by Gasteiger charge is 2.21. The highest BCUT2D eigenvalue weighted by molar-refractivity contribution is 6.04. The lowest BCUT2D eigenvalue weighted by Gasteiger charge is -2.17. The molecule has 10 nitrogen and oxygen atoms in total. The Labute approximate surface area is 219 Å². The van der Waals surface area contributed by atoms with Crippen molar-refractivity contribution in [3.8, 4) is 28.1 Å². The Hall–Kier alpha value is -4.44. The van der Waals surface area contributed by atoms with Gasteiger partial charge in [-0.05, 0) is 48.7 Å². The average molecular weight is 516 g/mol. The van der Waals surface area contributed by atoms with Crippen molar-refractivity contribution in [3.05, 3.63) is 60.3 Å². The standard InChI is InChI=1S/C28H29N5O5/c1-33(2)27(34)21-13-17(10-11-23(21)30-28(35)38-16-19-7-6-12-37-19)18-14-22-25(31-32-26(22)29-15-18)20-8-4-5-9-24(20)36-3/h4-5,8-11,13-15,19H,6-7,12,16H2,1-3H3,(H,30,35)(H,29,31,32). The number of H-pyrrole nitrogens is 1. The fourth-order valence-corrected chi connectivity index (χ4v) is 4.46. The minimum absolute atomic E-state index is 0.0860. The van der Waals surface area contributed by atoms with Crippen molar-refractivity contribution in [3.63, 3.8) is 0 Å².